The van der Waals surface area contributed by atoms with Crippen LogP contribution in [0.3, 0.4) is 0 Å². The normalized spacial score (nSPS) is 25.5. The van der Waals surface area contributed by atoms with Crippen molar-refractivity contribution in [2.24, 2.45) is 4.99 Å². The van der Waals surface area contributed by atoms with Crippen LogP contribution in [0, 0.1) is 0 Å². The fourth-order valence-corrected chi connectivity index (χ4v) is 4.83. The molecule has 2 aromatic rings. The predicted octanol–water partition coefficient (Wildman–Crippen LogP) is 3.88. The highest BCUT2D eigenvalue weighted by molar-refractivity contribution is 6.10. The Morgan fingerprint density at radius 1 is 1.26 bits per heavy atom. The molecule has 4 bridgehead atoms. The molecule has 0 saturated heterocycles. The number of hydrogen-bond donors (Lipinski definition) is 4. The summed E-state index contributed by atoms with van der Waals surface area (Å²) < 4.78 is 0. The summed E-state index contributed by atoms with van der Waals surface area (Å²) in [5.41, 5.74) is 8.08. The Labute approximate surface area is 182 Å². The Bertz CT molecular complexity index is 1120. The van der Waals surface area contributed by atoms with Crippen molar-refractivity contribution in [1.82, 2.24) is 10.3 Å². The Hall–Kier alpha value is -3.12. The van der Waals surface area contributed by atoms with Crippen LogP contribution >= 0.6 is 0 Å². The van der Waals surface area contributed by atoms with Crippen LogP contribution in [0.25, 0.3) is 16.8 Å². The molecule has 4 heterocycles. The van der Waals surface area contributed by atoms with Gasteiger partial charge in [-0.2, -0.15) is 0 Å². The van der Waals surface area contributed by atoms with Crippen molar-refractivity contribution in [2.45, 2.75) is 44.7 Å². The van der Waals surface area contributed by atoms with Gasteiger partial charge in [0.1, 0.15) is 0 Å². The molecule has 1 amide bonds. The lowest BCUT2D eigenvalue weighted by atomic mass is 9.93. The van der Waals surface area contributed by atoms with E-state index in [4.69, 9.17) is 4.99 Å². The zero-order valence-corrected chi connectivity index (χ0v) is 17.9. The summed E-state index contributed by atoms with van der Waals surface area (Å²) in [5, 5.41) is 16.6. The van der Waals surface area contributed by atoms with E-state index in [1.807, 2.05) is 12.1 Å². The van der Waals surface area contributed by atoms with Crippen molar-refractivity contribution >= 4 is 22.9 Å². The summed E-state index contributed by atoms with van der Waals surface area (Å²) in [6.07, 6.45) is 7.84. The molecule has 3 atom stereocenters. The molecule has 0 saturated carbocycles. The summed E-state index contributed by atoms with van der Waals surface area (Å²) in [4.78, 5) is 21.1. The third-order valence-electron chi connectivity index (χ3n) is 6.49. The highest BCUT2D eigenvalue weighted by atomic mass is 16.3. The van der Waals surface area contributed by atoms with E-state index >= 15 is 0 Å². The third-order valence-corrected chi connectivity index (χ3v) is 6.49. The average molecular weight is 417 g/mol. The number of allylic oxidation sites excluding steroid dienone is 2. The van der Waals surface area contributed by atoms with E-state index in [0.717, 1.165) is 52.3 Å². The van der Waals surface area contributed by atoms with Crippen molar-refractivity contribution in [3.05, 3.63) is 59.3 Å². The molecule has 6 nitrogen and oxygen atoms in total. The number of nitrogens with one attached hydrogen (secondary N) is 3. The molecule has 3 unspecified atom stereocenters. The van der Waals surface area contributed by atoms with Crippen LogP contribution in [0.5, 0.6) is 0 Å². The van der Waals surface area contributed by atoms with Crippen LogP contribution in [0.15, 0.2) is 47.5 Å². The molecule has 0 aliphatic carbocycles. The maximum atomic E-state index is 12.6. The van der Waals surface area contributed by atoms with E-state index in [2.05, 4.69) is 59.8 Å². The van der Waals surface area contributed by atoms with Gasteiger partial charge < -0.3 is 20.7 Å². The lowest BCUT2D eigenvalue weighted by molar-refractivity contribution is 0.0940. The molecule has 160 valence electrons. The van der Waals surface area contributed by atoms with E-state index in [1.54, 1.807) is 0 Å². The number of aromatic nitrogens is 1. The molecule has 0 radical (unpaired) electrons. The number of benzene rings is 1. The van der Waals surface area contributed by atoms with E-state index in [0.29, 0.717) is 6.54 Å². The van der Waals surface area contributed by atoms with Crippen LogP contribution < -0.4 is 10.6 Å². The first-order chi connectivity index (χ1) is 15.1. The minimum absolute atomic E-state index is 0.0119. The van der Waals surface area contributed by atoms with Crippen molar-refractivity contribution in [1.29, 1.82) is 0 Å². The second-order valence-electron chi connectivity index (χ2n) is 8.50. The second-order valence-corrected chi connectivity index (χ2v) is 8.50. The van der Waals surface area contributed by atoms with Gasteiger partial charge in [-0.15, -0.1) is 0 Å². The molecular formula is C25H28N4O2. The molecule has 5 rings (SSSR count). The second kappa shape index (κ2) is 7.85. The van der Waals surface area contributed by atoms with Crippen molar-refractivity contribution in [3.8, 4) is 11.3 Å². The zero-order chi connectivity index (χ0) is 21.5. The molecule has 6 heteroatoms. The molecule has 4 N–H and O–H groups in total. The number of amides is 1. The quantitative estimate of drug-likeness (QED) is 0.560. The molecule has 1 aromatic heterocycles. The number of aromatic amines is 1. The highest BCUT2D eigenvalue weighted by Crippen LogP contribution is 2.40. The molecule has 3 aliphatic rings. The number of anilines is 1. The summed E-state index contributed by atoms with van der Waals surface area (Å²) in [6.45, 7) is 4.81. The Morgan fingerprint density at radius 3 is 2.94 bits per heavy atom. The van der Waals surface area contributed by atoms with Crippen molar-refractivity contribution in [3.63, 3.8) is 0 Å². The topological polar surface area (TPSA) is 89.5 Å². The number of aliphatic hydroxyl groups excluding tert-OH is 1. The van der Waals surface area contributed by atoms with Gasteiger partial charge in [-0.3, -0.25) is 9.79 Å². The van der Waals surface area contributed by atoms with Gasteiger partial charge in [0.2, 0.25) is 0 Å². The number of carbonyl (C=O) groups is 1. The minimum atomic E-state index is -0.297. The number of fused-ring (bicyclic) bond motifs is 3. The number of H-pyrrole nitrogens is 1. The SMILES string of the molecule is CCC1=CC2=NC(CO)/C=C\CC3CNC(=O)c4cc([nH]c43)-c3cccc(c31)NC2C. The van der Waals surface area contributed by atoms with Gasteiger partial charge in [0.25, 0.3) is 5.91 Å². The number of carbonyl (C=O) groups excluding carboxylic acids is 1. The van der Waals surface area contributed by atoms with Gasteiger partial charge in [0, 0.05) is 40.7 Å². The van der Waals surface area contributed by atoms with Crippen LogP contribution in [0.4, 0.5) is 5.69 Å². The third kappa shape index (κ3) is 3.41. The van der Waals surface area contributed by atoms with Crippen LogP contribution in [-0.2, 0) is 0 Å². The molecule has 3 aliphatic heterocycles. The van der Waals surface area contributed by atoms with E-state index in [9.17, 15) is 9.90 Å². The lowest BCUT2D eigenvalue weighted by Crippen LogP contribution is -2.34. The Morgan fingerprint density at radius 2 is 2.13 bits per heavy atom. The van der Waals surface area contributed by atoms with Crippen LogP contribution in [0.2, 0.25) is 0 Å². The van der Waals surface area contributed by atoms with Gasteiger partial charge in [0.05, 0.1) is 30.0 Å². The Kier molecular flexibility index (Phi) is 5.02. The first kappa shape index (κ1) is 19.8. The molecule has 31 heavy (non-hydrogen) atoms. The van der Waals surface area contributed by atoms with Gasteiger partial charge in [-0.05, 0) is 43.5 Å². The number of aliphatic hydroxyl groups is 1. The highest BCUT2D eigenvalue weighted by Gasteiger charge is 2.29. The van der Waals surface area contributed by atoms with Crippen LogP contribution in [0.1, 0.15) is 54.2 Å². The van der Waals surface area contributed by atoms with E-state index in [-0.39, 0.29) is 30.5 Å². The number of aliphatic imine (C=N–C) groups is 1. The van der Waals surface area contributed by atoms with E-state index < -0.39 is 0 Å². The monoisotopic (exact) mass is 416 g/mol. The summed E-state index contributed by atoms with van der Waals surface area (Å²) >= 11 is 0. The largest absolute Gasteiger partial charge is 0.394 e. The molecular weight excluding hydrogens is 388 g/mol. The molecule has 0 spiro atoms. The van der Waals surface area contributed by atoms with Gasteiger partial charge in [0.15, 0.2) is 0 Å². The predicted molar refractivity (Wildman–Crippen MR) is 125 cm³/mol. The van der Waals surface area contributed by atoms with Crippen LogP contribution in [-0.4, -0.2) is 46.9 Å². The van der Waals surface area contributed by atoms with E-state index in [1.165, 1.54) is 5.57 Å². The number of rotatable bonds is 2. The smallest absolute Gasteiger partial charge is 0.253 e. The minimum Gasteiger partial charge on any atom is -0.394 e. The van der Waals surface area contributed by atoms with Gasteiger partial charge in [-0.25, -0.2) is 0 Å². The summed E-state index contributed by atoms with van der Waals surface area (Å²) in [7, 11) is 0. The first-order valence-corrected chi connectivity index (χ1v) is 11.1. The zero-order valence-electron chi connectivity index (χ0n) is 17.9. The lowest BCUT2D eigenvalue weighted by Gasteiger charge is -2.22. The van der Waals surface area contributed by atoms with Crippen molar-refractivity contribution < 1.29 is 9.90 Å². The Balaban J connectivity index is 1.79. The standard InChI is InChI=1S/C25H28N4O2/c1-3-15-10-21-14(2)27-20-9-5-8-18(23(15)20)22-11-19-24(29-22)16(12-26-25(19)31)6-4-7-17(13-30)28-21/h4-5,7-11,14,16-17,27,29-30H,3,6,12-13H2,1-2H3,(H,26,31)/b7-4-,28-21?. The molecule has 0 fully saturated rings. The van der Waals surface area contributed by atoms with Gasteiger partial charge >= 0.3 is 0 Å². The number of hydrogen-bond acceptors (Lipinski definition) is 4. The average Bonchev–Trinajstić information content (AvgIpc) is 3.17. The first-order valence-electron chi connectivity index (χ1n) is 11.1. The summed E-state index contributed by atoms with van der Waals surface area (Å²) in [5.74, 6) is 0.138. The van der Waals surface area contributed by atoms with Gasteiger partial charge in [-0.1, -0.05) is 31.2 Å². The maximum absolute atomic E-state index is 12.6. The van der Waals surface area contributed by atoms with Crippen molar-refractivity contribution in [2.75, 3.05) is 18.5 Å². The summed E-state index contributed by atoms with van der Waals surface area (Å²) in [6, 6.07) is 7.97. The fraction of sp³-hybridized carbons (Fsp3) is 0.360. The molecule has 1 aromatic carbocycles. The number of nitrogens with zero attached hydrogens (tertiary/aromatic N) is 1. The maximum Gasteiger partial charge on any atom is 0.253 e. The fourth-order valence-electron chi connectivity index (χ4n) is 4.83.